The summed E-state index contributed by atoms with van der Waals surface area (Å²) in [5.74, 6) is 2.67. The molecule has 2 aliphatic heterocycles. The average Bonchev–Trinajstić information content (AvgIpc) is 2.59. The largest absolute Gasteiger partial charge is 0.497 e. The van der Waals surface area contributed by atoms with Crippen LogP contribution >= 0.6 is 0 Å². The molecule has 1 saturated heterocycles. The van der Waals surface area contributed by atoms with E-state index in [4.69, 9.17) is 14.2 Å². The Morgan fingerprint density at radius 2 is 1.92 bits per heavy atom. The van der Waals surface area contributed by atoms with Crippen molar-refractivity contribution in [1.82, 2.24) is 4.90 Å². The van der Waals surface area contributed by atoms with Gasteiger partial charge in [0.1, 0.15) is 19.0 Å². The van der Waals surface area contributed by atoms with E-state index in [9.17, 15) is 0 Å². The second-order valence-corrected chi connectivity index (χ2v) is 6.47. The number of likely N-dealkylation sites (tertiary alicyclic amines) is 1. The summed E-state index contributed by atoms with van der Waals surface area (Å²) in [7, 11) is 1.72. The molecule has 0 saturated carbocycles. The van der Waals surface area contributed by atoms with Crippen LogP contribution in [0, 0.1) is 6.92 Å². The Labute approximate surface area is 142 Å². The number of benzene rings is 2. The average molecular weight is 325 g/mol. The smallest absolute Gasteiger partial charge is 0.161 e. The van der Waals surface area contributed by atoms with Crippen molar-refractivity contribution in [2.75, 3.05) is 26.9 Å². The quantitative estimate of drug-likeness (QED) is 0.857. The van der Waals surface area contributed by atoms with Crippen LogP contribution in [0.5, 0.6) is 17.2 Å². The topological polar surface area (TPSA) is 30.9 Å². The molecular weight excluding hydrogens is 302 g/mol. The molecule has 4 heteroatoms. The van der Waals surface area contributed by atoms with E-state index < -0.39 is 0 Å². The van der Waals surface area contributed by atoms with E-state index in [1.54, 1.807) is 7.11 Å². The van der Waals surface area contributed by atoms with E-state index in [1.165, 1.54) is 23.1 Å². The van der Waals surface area contributed by atoms with Crippen LogP contribution in [0.2, 0.25) is 0 Å². The lowest BCUT2D eigenvalue weighted by molar-refractivity contribution is 0.0812. The van der Waals surface area contributed by atoms with Crippen LogP contribution in [0.15, 0.2) is 36.4 Å². The molecule has 0 amide bonds. The van der Waals surface area contributed by atoms with E-state index in [2.05, 4.69) is 42.2 Å². The zero-order valence-corrected chi connectivity index (χ0v) is 14.2. The predicted octanol–water partition coefficient (Wildman–Crippen LogP) is 3.72. The lowest BCUT2D eigenvalue weighted by Crippen LogP contribution is -2.40. The summed E-state index contributed by atoms with van der Waals surface area (Å²) >= 11 is 0. The highest BCUT2D eigenvalue weighted by Gasteiger charge is 2.30. The molecule has 126 valence electrons. The highest BCUT2D eigenvalue weighted by molar-refractivity contribution is 5.48. The molecule has 2 aromatic rings. The number of rotatable bonds is 4. The first-order chi connectivity index (χ1) is 11.7. The van der Waals surface area contributed by atoms with Crippen molar-refractivity contribution in [2.45, 2.75) is 25.9 Å². The van der Waals surface area contributed by atoms with Gasteiger partial charge in [0, 0.05) is 19.1 Å². The maximum atomic E-state index is 5.73. The SMILES string of the molecule is COc1cccc([C@H]2CCN2Cc2cc3c(cc2C)OCCO3)c1. The van der Waals surface area contributed by atoms with Gasteiger partial charge in [0.2, 0.25) is 0 Å². The van der Waals surface area contributed by atoms with Crippen molar-refractivity contribution in [2.24, 2.45) is 0 Å². The van der Waals surface area contributed by atoms with Gasteiger partial charge in [-0.15, -0.1) is 0 Å². The van der Waals surface area contributed by atoms with Crippen LogP contribution in [-0.2, 0) is 6.54 Å². The van der Waals surface area contributed by atoms with Gasteiger partial charge in [-0.2, -0.15) is 0 Å². The molecule has 0 radical (unpaired) electrons. The van der Waals surface area contributed by atoms with Crippen LogP contribution in [0.3, 0.4) is 0 Å². The van der Waals surface area contributed by atoms with E-state index in [1.807, 2.05) is 6.07 Å². The molecule has 1 fully saturated rings. The standard InChI is InChI=1S/C20H23NO3/c1-14-10-19-20(24-9-8-23-19)12-16(14)13-21-7-6-18(21)15-4-3-5-17(11-15)22-2/h3-5,10-12,18H,6-9,13H2,1-2H3/t18-/m1/s1. The molecule has 2 aliphatic rings. The highest BCUT2D eigenvalue weighted by atomic mass is 16.6. The summed E-state index contributed by atoms with van der Waals surface area (Å²) in [5, 5.41) is 0. The van der Waals surface area contributed by atoms with Crippen LogP contribution in [0.1, 0.15) is 29.2 Å². The molecule has 4 rings (SSSR count). The normalized spacial score (nSPS) is 19.7. The minimum atomic E-state index is 0.465. The molecule has 0 unspecified atom stereocenters. The van der Waals surface area contributed by atoms with Crippen molar-refractivity contribution >= 4 is 0 Å². The van der Waals surface area contributed by atoms with Crippen molar-refractivity contribution < 1.29 is 14.2 Å². The fraction of sp³-hybridized carbons (Fsp3) is 0.400. The number of hydrogen-bond donors (Lipinski definition) is 0. The monoisotopic (exact) mass is 325 g/mol. The Hall–Kier alpha value is -2.20. The predicted molar refractivity (Wildman–Crippen MR) is 92.9 cm³/mol. The number of methoxy groups -OCH3 is 1. The lowest BCUT2D eigenvalue weighted by Gasteiger charge is -2.42. The summed E-state index contributed by atoms with van der Waals surface area (Å²) in [6.07, 6.45) is 1.19. The third-order valence-electron chi connectivity index (χ3n) is 4.98. The third-order valence-corrected chi connectivity index (χ3v) is 4.98. The maximum Gasteiger partial charge on any atom is 0.161 e. The summed E-state index contributed by atoms with van der Waals surface area (Å²) in [4.78, 5) is 2.51. The zero-order valence-electron chi connectivity index (χ0n) is 14.2. The Morgan fingerprint density at radius 1 is 1.12 bits per heavy atom. The number of hydrogen-bond acceptors (Lipinski definition) is 4. The van der Waals surface area contributed by atoms with Gasteiger partial charge >= 0.3 is 0 Å². The molecule has 2 aromatic carbocycles. The highest BCUT2D eigenvalue weighted by Crippen LogP contribution is 2.38. The van der Waals surface area contributed by atoms with Gasteiger partial charge in [-0.3, -0.25) is 4.90 Å². The van der Waals surface area contributed by atoms with Crippen LogP contribution in [-0.4, -0.2) is 31.8 Å². The molecule has 0 aliphatic carbocycles. The molecule has 24 heavy (non-hydrogen) atoms. The van der Waals surface area contributed by atoms with E-state index >= 15 is 0 Å². The van der Waals surface area contributed by atoms with Gasteiger partial charge in [-0.1, -0.05) is 12.1 Å². The minimum Gasteiger partial charge on any atom is -0.497 e. The second-order valence-electron chi connectivity index (χ2n) is 6.47. The molecule has 0 N–H and O–H groups in total. The fourth-order valence-electron chi connectivity index (χ4n) is 3.48. The van der Waals surface area contributed by atoms with Crippen molar-refractivity contribution in [3.05, 3.63) is 53.1 Å². The first kappa shape index (κ1) is 15.3. The molecular formula is C20H23NO3. The third kappa shape index (κ3) is 2.82. The Balaban J connectivity index is 1.53. The number of ether oxygens (including phenoxy) is 3. The summed E-state index contributed by atoms with van der Waals surface area (Å²) in [6, 6.07) is 13.1. The van der Waals surface area contributed by atoms with E-state index in [0.717, 1.165) is 30.3 Å². The molecule has 0 aromatic heterocycles. The van der Waals surface area contributed by atoms with E-state index in [-0.39, 0.29) is 0 Å². The van der Waals surface area contributed by atoms with Crippen LogP contribution in [0.4, 0.5) is 0 Å². The Bertz CT molecular complexity index is 744. The molecule has 2 heterocycles. The number of fused-ring (bicyclic) bond motifs is 1. The van der Waals surface area contributed by atoms with Gasteiger partial charge in [-0.25, -0.2) is 0 Å². The van der Waals surface area contributed by atoms with Crippen LogP contribution in [0.25, 0.3) is 0 Å². The Morgan fingerprint density at radius 3 is 2.62 bits per heavy atom. The number of aryl methyl sites for hydroxylation is 1. The summed E-state index contributed by atoms with van der Waals surface area (Å²) in [6.45, 7) is 5.47. The van der Waals surface area contributed by atoms with Crippen molar-refractivity contribution in [3.63, 3.8) is 0 Å². The van der Waals surface area contributed by atoms with Crippen molar-refractivity contribution in [3.8, 4) is 17.2 Å². The second kappa shape index (κ2) is 6.36. The van der Waals surface area contributed by atoms with E-state index in [0.29, 0.717) is 19.3 Å². The van der Waals surface area contributed by atoms with Gasteiger partial charge in [-0.05, 0) is 54.3 Å². The van der Waals surface area contributed by atoms with Gasteiger partial charge in [0.25, 0.3) is 0 Å². The first-order valence-corrected chi connectivity index (χ1v) is 8.52. The van der Waals surface area contributed by atoms with Crippen molar-refractivity contribution in [1.29, 1.82) is 0 Å². The maximum absolute atomic E-state index is 5.73. The summed E-state index contributed by atoms with van der Waals surface area (Å²) in [5.41, 5.74) is 3.90. The van der Waals surface area contributed by atoms with Gasteiger partial charge in [0.05, 0.1) is 7.11 Å². The summed E-state index contributed by atoms with van der Waals surface area (Å²) < 4.78 is 16.8. The zero-order chi connectivity index (χ0) is 16.5. The number of nitrogens with zero attached hydrogens (tertiary/aromatic N) is 1. The van der Waals surface area contributed by atoms with Gasteiger partial charge < -0.3 is 14.2 Å². The Kier molecular flexibility index (Phi) is 4.07. The minimum absolute atomic E-state index is 0.465. The van der Waals surface area contributed by atoms with Crippen LogP contribution < -0.4 is 14.2 Å². The first-order valence-electron chi connectivity index (χ1n) is 8.52. The molecule has 4 nitrogen and oxygen atoms in total. The fourth-order valence-corrected chi connectivity index (χ4v) is 3.48. The van der Waals surface area contributed by atoms with Gasteiger partial charge in [0.15, 0.2) is 11.5 Å². The molecule has 0 bridgehead atoms. The molecule has 1 atom stereocenters. The molecule has 0 spiro atoms. The lowest BCUT2D eigenvalue weighted by atomic mass is 9.93.